The molecule has 1 aliphatic heterocycles. The number of nitrogens with zero attached hydrogens (tertiary/aromatic N) is 3. The number of piperidine rings is 1. The van der Waals surface area contributed by atoms with E-state index in [2.05, 4.69) is 32.7 Å². The van der Waals surface area contributed by atoms with E-state index >= 15 is 0 Å². The quantitative estimate of drug-likeness (QED) is 0.868. The fourth-order valence-corrected chi connectivity index (χ4v) is 3.36. The van der Waals surface area contributed by atoms with Crippen LogP contribution in [0.2, 0.25) is 0 Å². The summed E-state index contributed by atoms with van der Waals surface area (Å²) in [6.45, 7) is 2.89. The first-order valence-corrected chi connectivity index (χ1v) is 8.00. The first kappa shape index (κ1) is 12.9. The molecule has 0 spiro atoms. The Balaban J connectivity index is 1.39. The predicted octanol–water partition coefficient (Wildman–Crippen LogP) is 2.68. The molecule has 0 atom stereocenters. The minimum Gasteiger partial charge on any atom is -0.342 e. The second kappa shape index (κ2) is 5.17. The predicted molar refractivity (Wildman–Crippen MR) is 81.8 cm³/mol. The molecule has 2 fully saturated rings. The Labute approximate surface area is 124 Å². The van der Waals surface area contributed by atoms with E-state index in [1.807, 2.05) is 12.4 Å². The monoisotopic (exact) mass is 283 g/mol. The van der Waals surface area contributed by atoms with Crippen molar-refractivity contribution in [1.29, 1.82) is 0 Å². The van der Waals surface area contributed by atoms with Gasteiger partial charge in [-0.15, -0.1) is 0 Å². The minimum absolute atomic E-state index is 0.360. The van der Waals surface area contributed by atoms with Crippen LogP contribution in [0.15, 0.2) is 30.6 Å². The van der Waals surface area contributed by atoms with Gasteiger partial charge in [-0.05, 0) is 43.7 Å². The highest BCUT2D eigenvalue weighted by Crippen LogP contribution is 2.32. The topological polar surface area (TPSA) is 38.1 Å². The van der Waals surface area contributed by atoms with Gasteiger partial charge in [0.05, 0.1) is 17.4 Å². The van der Waals surface area contributed by atoms with Crippen LogP contribution < -0.4 is 0 Å². The molecule has 1 aromatic heterocycles. The molecule has 0 radical (unpaired) electrons. The number of benzene rings is 1. The van der Waals surface area contributed by atoms with Gasteiger partial charge >= 0.3 is 0 Å². The van der Waals surface area contributed by atoms with E-state index < -0.39 is 0 Å². The van der Waals surface area contributed by atoms with E-state index in [9.17, 15) is 4.79 Å². The number of rotatable bonds is 3. The Morgan fingerprint density at radius 2 is 1.90 bits per heavy atom. The summed E-state index contributed by atoms with van der Waals surface area (Å²) in [5.41, 5.74) is 2.29. The third-order valence-electron chi connectivity index (χ3n) is 4.84. The third-order valence-corrected chi connectivity index (χ3v) is 4.84. The second-order valence-corrected chi connectivity index (χ2v) is 6.43. The van der Waals surface area contributed by atoms with Crippen molar-refractivity contribution in [1.82, 2.24) is 14.5 Å². The van der Waals surface area contributed by atoms with Gasteiger partial charge in [0.25, 0.3) is 0 Å². The number of carbonyl (C=O) groups excluding carboxylic acids is 1. The summed E-state index contributed by atoms with van der Waals surface area (Å²) in [6, 6.07) is 8.29. The van der Waals surface area contributed by atoms with Crippen LogP contribution in [-0.2, 0) is 11.3 Å². The van der Waals surface area contributed by atoms with Gasteiger partial charge in [0.15, 0.2) is 0 Å². The summed E-state index contributed by atoms with van der Waals surface area (Å²) in [5, 5.41) is 0. The number of aromatic nitrogens is 2. The molecule has 1 amide bonds. The minimum atomic E-state index is 0.360. The zero-order chi connectivity index (χ0) is 14.2. The molecular weight excluding hydrogens is 262 g/mol. The SMILES string of the molecule is O=C(C1CC1)N1CCC(Cn2cnc3ccccc32)CC1. The molecule has 2 aliphatic rings. The Kier molecular flexibility index (Phi) is 3.17. The summed E-state index contributed by atoms with van der Waals surface area (Å²) < 4.78 is 2.26. The number of carbonyl (C=O) groups is 1. The molecule has 4 nitrogen and oxygen atoms in total. The van der Waals surface area contributed by atoms with Crippen molar-refractivity contribution in [3.05, 3.63) is 30.6 Å². The summed E-state index contributed by atoms with van der Waals surface area (Å²) in [5.74, 6) is 1.42. The van der Waals surface area contributed by atoms with Gasteiger partial charge < -0.3 is 9.47 Å². The molecule has 0 unspecified atom stereocenters. The largest absolute Gasteiger partial charge is 0.342 e. The molecule has 0 bridgehead atoms. The van der Waals surface area contributed by atoms with E-state index in [1.165, 1.54) is 5.52 Å². The van der Waals surface area contributed by atoms with E-state index in [-0.39, 0.29) is 0 Å². The average Bonchev–Trinajstić information content (AvgIpc) is 3.30. The molecule has 1 aliphatic carbocycles. The van der Waals surface area contributed by atoms with Crippen LogP contribution in [0, 0.1) is 11.8 Å². The van der Waals surface area contributed by atoms with Gasteiger partial charge in [-0.1, -0.05) is 12.1 Å². The number of amides is 1. The van der Waals surface area contributed by atoms with Gasteiger partial charge in [-0.3, -0.25) is 4.79 Å². The van der Waals surface area contributed by atoms with Crippen molar-refractivity contribution < 1.29 is 4.79 Å². The molecule has 2 heterocycles. The number of hydrogen-bond acceptors (Lipinski definition) is 2. The molecular formula is C17H21N3O. The molecule has 1 saturated carbocycles. The van der Waals surface area contributed by atoms with Crippen LogP contribution in [0.25, 0.3) is 11.0 Å². The zero-order valence-electron chi connectivity index (χ0n) is 12.2. The second-order valence-electron chi connectivity index (χ2n) is 6.43. The standard InChI is InChI=1S/C17H21N3O/c21-17(14-5-6-14)19-9-7-13(8-10-19)11-20-12-18-15-3-1-2-4-16(15)20/h1-4,12-14H,5-11H2. The molecule has 110 valence electrons. The lowest BCUT2D eigenvalue weighted by Crippen LogP contribution is -2.40. The first-order valence-electron chi connectivity index (χ1n) is 8.00. The Bertz CT molecular complexity index is 651. The van der Waals surface area contributed by atoms with E-state index in [1.54, 1.807) is 0 Å². The summed E-state index contributed by atoms with van der Waals surface area (Å²) in [6.07, 6.45) is 6.40. The molecule has 21 heavy (non-hydrogen) atoms. The number of para-hydroxylation sites is 2. The maximum atomic E-state index is 12.1. The molecule has 2 aromatic rings. The Hall–Kier alpha value is -1.84. The van der Waals surface area contributed by atoms with E-state index in [0.717, 1.165) is 50.8 Å². The van der Waals surface area contributed by atoms with E-state index in [0.29, 0.717) is 17.7 Å². The smallest absolute Gasteiger partial charge is 0.225 e. The van der Waals surface area contributed by atoms with Crippen LogP contribution in [0.5, 0.6) is 0 Å². The fourth-order valence-electron chi connectivity index (χ4n) is 3.36. The Morgan fingerprint density at radius 3 is 2.67 bits per heavy atom. The lowest BCUT2D eigenvalue weighted by Gasteiger charge is -2.32. The number of likely N-dealkylation sites (tertiary alicyclic amines) is 1. The fraction of sp³-hybridized carbons (Fsp3) is 0.529. The van der Waals surface area contributed by atoms with Crippen molar-refractivity contribution in [3.8, 4) is 0 Å². The van der Waals surface area contributed by atoms with Gasteiger partial charge in [0, 0.05) is 25.6 Å². The lowest BCUT2D eigenvalue weighted by atomic mass is 9.96. The normalized spacial score (nSPS) is 20.1. The summed E-state index contributed by atoms with van der Waals surface area (Å²) in [4.78, 5) is 18.6. The first-order chi connectivity index (χ1) is 10.3. The van der Waals surface area contributed by atoms with Crippen LogP contribution >= 0.6 is 0 Å². The van der Waals surface area contributed by atoms with Crippen molar-refractivity contribution in [2.24, 2.45) is 11.8 Å². The molecule has 0 N–H and O–H groups in total. The van der Waals surface area contributed by atoms with Gasteiger partial charge in [0.1, 0.15) is 0 Å². The number of fused-ring (bicyclic) bond motifs is 1. The van der Waals surface area contributed by atoms with Crippen LogP contribution in [-0.4, -0.2) is 33.4 Å². The maximum Gasteiger partial charge on any atom is 0.225 e. The van der Waals surface area contributed by atoms with Crippen molar-refractivity contribution >= 4 is 16.9 Å². The molecule has 1 saturated heterocycles. The highest BCUT2D eigenvalue weighted by Gasteiger charge is 2.34. The molecule has 4 heteroatoms. The van der Waals surface area contributed by atoms with E-state index in [4.69, 9.17) is 0 Å². The third kappa shape index (κ3) is 2.55. The number of imidazole rings is 1. The van der Waals surface area contributed by atoms with Gasteiger partial charge in [-0.2, -0.15) is 0 Å². The highest BCUT2D eigenvalue weighted by molar-refractivity contribution is 5.81. The van der Waals surface area contributed by atoms with Crippen LogP contribution in [0.1, 0.15) is 25.7 Å². The van der Waals surface area contributed by atoms with Crippen molar-refractivity contribution in [2.75, 3.05) is 13.1 Å². The maximum absolute atomic E-state index is 12.1. The average molecular weight is 283 g/mol. The molecule has 4 rings (SSSR count). The van der Waals surface area contributed by atoms with Crippen LogP contribution in [0.4, 0.5) is 0 Å². The molecule has 1 aromatic carbocycles. The van der Waals surface area contributed by atoms with Crippen LogP contribution in [0.3, 0.4) is 0 Å². The van der Waals surface area contributed by atoms with Gasteiger partial charge in [-0.25, -0.2) is 4.98 Å². The zero-order valence-corrected chi connectivity index (χ0v) is 12.2. The Morgan fingerprint density at radius 1 is 1.14 bits per heavy atom. The number of hydrogen-bond donors (Lipinski definition) is 0. The lowest BCUT2D eigenvalue weighted by molar-refractivity contribution is -0.134. The van der Waals surface area contributed by atoms with Crippen molar-refractivity contribution in [2.45, 2.75) is 32.2 Å². The van der Waals surface area contributed by atoms with Crippen molar-refractivity contribution in [3.63, 3.8) is 0 Å². The van der Waals surface area contributed by atoms with Gasteiger partial charge in [0.2, 0.25) is 5.91 Å². The summed E-state index contributed by atoms with van der Waals surface area (Å²) in [7, 11) is 0. The summed E-state index contributed by atoms with van der Waals surface area (Å²) >= 11 is 0. The highest BCUT2D eigenvalue weighted by atomic mass is 16.2.